The second kappa shape index (κ2) is 5.58. The minimum Gasteiger partial charge on any atom is -0.398 e. The number of urea groups is 1. The number of anilines is 1. The van der Waals surface area contributed by atoms with Gasteiger partial charge in [-0.2, -0.15) is 0 Å². The van der Waals surface area contributed by atoms with E-state index in [4.69, 9.17) is 11.5 Å². The number of primary amides is 1. The number of carbonyl (C=O) groups is 2. The van der Waals surface area contributed by atoms with Crippen LogP contribution in [0.25, 0.3) is 0 Å². The molecule has 0 saturated carbocycles. The Balaban J connectivity index is 2.73. The highest BCUT2D eigenvalue weighted by Gasteiger charge is 2.16. The molecule has 1 unspecified atom stereocenters. The summed E-state index contributed by atoms with van der Waals surface area (Å²) in [6.45, 7) is 3.63. The van der Waals surface area contributed by atoms with Crippen LogP contribution in [0, 0.1) is 6.92 Å². The van der Waals surface area contributed by atoms with E-state index in [9.17, 15) is 9.59 Å². The van der Waals surface area contributed by atoms with Gasteiger partial charge in [0, 0.05) is 10.6 Å². The SMILES string of the molecule is Cc1ccc(N)c(SC(C)C(=O)NC(N)=O)c1. The number of amides is 3. The predicted octanol–water partition coefficient (Wildman–Crippen LogP) is 1.25. The maximum Gasteiger partial charge on any atom is 0.318 e. The number of nitrogen functional groups attached to an aromatic ring is 1. The van der Waals surface area contributed by atoms with Crippen molar-refractivity contribution in [2.45, 2.75) is 24.0 Å². The zero-order chi connectivity index (χ0) is 13.0. The van der Waals surface area contributed by atoms with Gasteiger partial charge in [0.2, 0.25) is 5.91 Å². The van der Waals surface area contributed by atoms with Crippen LogP contribution < -0.4 is 16.8 Å². The number of benzene rings is 1. The van der Waals surface area contributed by atoms with Crippen LogP contribution in [0.1, 0.15) is 12.5 Å². The average molecular weight is 253 g/mol. The number of aryl methyl sites for hydroxylation is 1. The number of carbonyl (C=O) groups excluding carboxylic acids is 2. The van der Waals surface area contributed by atoms with Crippen molar-refractivity contribution >= 4 is 29.4 Å². The maximum atomic E-state index is 11.5. The second-order valence-electron chi connectivity index (χ2n) is 3.65. The summed E-state index contributed by atoms with van der Waals surface area (Å²) in [6, 6.07) is 4.73. The summed E-state index contributed by atoms with van der Waals surface area (Å²) in [5.41, 5.74) is 12.3. The Labute approximate surface area is 104 Å². The fourth-order valence-electron chi connectivity index (χ4n) is 1.21. The molecule has 0 aliphatic heterocycles. The molecule has 1 aromatic carbocycles. The van der Waals surface area contributed by atoms with Crippen LogP contribution in [-0.4, -0.2) is 17.2 Å². The number of nitrogens with two attached hydrogens (primary N) is 2. The molecule has 0 aromatic heterocycles. The Hall–Kier alpha value is -1.69. The molecule has 17 heavy (non-hydrogen) atoms. The average Bonchev–Trinajstić information content (AvgIpc) is 2.22. The minimum absolute atomic E-state index is 0.427. The fraction of sp³-hybridized carbons (Fsp3) is 0.273. The van der Waals surface area contributed by atoms with Crippen molar-refractivity contribution in [1.29, 1.82) is 0 Å². The van der Waals surface area contributed by atoms with E-state index < -0.39 is 17.2 Å². The Bertz CT molecular complexity index is 448. The summed E-state index contributed by atoms with van der Waals surface area (Å²) in [4.78, 5) is 22.8. The van der Waals surface area contributed by atoms with E-state index >= 15 is 0 Å². The van der Waals surface area contributed by atoms with Gasteiger partial charge in [0.05, 0.1) is 5.25 Å². The third-order valence-electron chi connectivity index (χ3n) is 2.09. The molecule has 0 spiro atoms. The van der Waals surface area contributed by atoms with Crippen LogP contribution in [0.3, 0.4) is 0 Å². The van der Waals surface area contributed by atoms with E-state index in [0.29, 0.717) is 5.69 Å². The zero-order valence-electron chi connectivity index (χ0n) is 9.69. The molecule has 5 N–H and O–H groups in total. The Kier molecular flexibility index (Phi) is 4.39. The molecule has 1 aromatic rings. The molecule has 92 valence electrons. The molecule has 0 fully saturated rings. The normalized spacial score (nSPS) is 11.9. The quantitative estimate of drug-likeness (QED) is 0.557. The van der Waals surface area contributed by atoms with Gasteiger partial charge in [-0.15, -0.1) is 11.8 Å². The number of nitrogens with one attached hydrogen (secondary N) is 1. The summed E-state index contributed by atoms with van der Waals surface area (Å²) < 4.78 is 0. The summed E-state index contributed by atoms with van der Waals surface area (Å²) >= 11 is 1.29. The topological polar surface area (TPSA) is 98.2 Å². The summed E-state index contributed by atoms with van der Waals surface area (Å²) in [5.74, 6) is -0.427. The summed E-state index contributed by atoms with van der Waals surface area (Å²) in [7, 11) is 0. The minimum atomic E-state index is -0.848. The molecule has 1 rings (SSSR count). The molecule has 0 radical (unpaired) electrons. The molecule has 0 bridgehead atoms. The Morgan fingerprint density at radius 2 is 2.06 bits per heavy atom. The van der Waals surface area contributed by atoms with Crippen LogP contribution in [0.4, 0.5) is 10.5 Å². The van der Waals surface area contributed by atoms with Crippen LogP contribution in [-0.2, 0) is 4.79 Å². The van der Waals surface area contributed by atoms with E-state index in [1.165, 1.54) is 11.8 Å². The van der Waals surface area contributed by atoms with Crippen molar-refractivity contribution in [3.8, 4) is 0 Å². The van der Waals surface area contributed by atoms with Crippen molar-refractivity contribution in [3.05, 3.63) is 23.8 Å². The van der Waals surface area contributed by atoms with Crippen LogP contribution in [0.2, 0.25) is 0 Å². The molecule has 5 nitrogen and oxygen atoms in total. The van der Waals surface area contributed by atoms with Crippen molar-refractivity contribution in [3.63, 3.8) is 0 Å². The highest BCUT2D eigenvalue weighted by molar-refractivity contribution is 8.00. The molecule has 0 aliphatic rings. The number of hydrogen-bond donors (Lipinski definition) is 3. The lowest BCUT2D eigenvalue weighted by molar-refractivity contribution is -0.119. The lowest BCUT2D eigenvalue weighted by atomic mass is 10.2. The third kappa shape index (κ3) is 3.99. The lowest BCUT2D eigenvalue weighted by Gasteiger charge is -2.12. The van der Waals surface area contributed by atoms with Gasteiger partial charge in [-0.25, -0.2) is 4.79 Å². The van der Waals surface area contributed by atoms with Crippen LogP contribution in [0.15, 0.2) is 23.1 Å². The summed E-state index contributed by atoms with van der Waals surface area (Å²) in [6.07, 6.45) is 0. The van der Waals surface area contributed by atoms with Crippen molar-refractivity contribution in [2.75, 3.05) is 5.73 Å². The number of thioether (sulfide) groups is 1. The Morgan fingerprint density at radius 3 is 2.65 bits per heavy atom. The molecule has 1 atom stereocenters. The van der Waals surface area contributed by atoms with E-state index in [0.717, 1.165) is 10.5 Å². The first-order valence-electron chi connectivity index (χ1n) is 5.03. The van der Waals surface area contributed by atoms with Crippen molar-refractivity contribution in [2.24, 2.45) is 5.73 Å². The van der Waals surface area contributed by atoms with Gasteiger partial charge >= 0.3 is 6.03 Å². The Morgan fingerprint density at radius 1 is 1.41 bits per heavy atom. The largest absolute Gasteiger partial charge is 0.398 e. The predicted molar refractivity (Wildman–Crippen MR) is 68.6 cm³/mol. The van der Waals surface area contributed by atoms with Gasteiger partial charge in [0.1, 0.15) is 0 Å². The molecule has 3 amide bonds. The molecule has 0 aliphatic carbocycles. The lowest BCUT2D eigenvalue weighted by Crippen LogP contribution is -2.39. The molecular formula is C11H15N3O2S. The van der Waals surface area contributed by atoms with Gasteiger partial charge in [0.15, 0.2) is 0 Å². The van der Waals surface area contributed by atoms with Gasteiger partial charge in [-0.1, -0.05) is 6.07 Å². The van der Waals surface area contributed by atoms with Crippen LogP contribution in [0.5, 0.6) is 0 Å². The highest BCUT2D eigenvalue weighted by atomic mass is 32.2. The molecule has 6 heteroatoms. The highest BCUT2D eigenvalue weighted by Crippen LogP contribution is 2.29. The van der Waals surface area contributed by atoms with Gasteiger partial charge in [-0.3, -0.25) is 10.1 Å². The van der Waals surface area contributed by atoms with E-state index in [-0.39, 0.29) is 0 Å². The fourth-order valence-corrected chi connectivity index (χ4v) is 2.22. The van der Waals surface area contributed by atoms with Crippen molar-refractivity contribution < 1.29 is 9.59 Å². The van der Waals surface area contributed by atoms with Gasteiger partial charge < -0.3 is 11.5 Å². The second-order valence-corrected chi connectivity index (χ2v) is 5.04. The van der Waals surface area contributed by atoms with Gasteiger partial charge in [0.25, 0.3) is 0 Å². The van der Waals surface area contributed by atoms with E-state index in [2.05, 4.69) is 0 Å². The molecule has 0 saturated heterocycles. The monoisotopic (exact) mass is 253 g/mol. The maximum absolute atomic E-state index is 11.5. The molecular weight excluding hydrogens is 238 g/mol. The van der Waals surface area contributed by atoms with Crippen molar-refractivity contribution in [1.82, 2.24) is 5.32 Å². The first-order valence-corrected chi connectivity index (χ1v) is 5.91. The number of hydrogen-bond acceptors (Lipinski definition) is 4. The van der Waals surface area contributed by atoms with E-state index in [1.807, 2.05) is 24.4 Å². The van der Waals surface area contributed by atoms with E-state index in [1.54, 1.807) is 13.0 Å². The standard InChI is InChI=1S/C11H15N3O2S/c1-6-3-4-8(12)9(5-6)17-7(2)10(15)14-11(13)16/h3-5,7H,12H2,1-2H3,(H3,13,14,15,16). The molecule has 0 heterocycles. The van der Waals surface area contributed by atoms with Gasteiger partial charge in [-0.05, 0) is 31.5 Å². The zero-order valence-corrected chi connectivity index (χ0v) is 10.5. The smallest absolute Gasteiger partial charge is 0.318 e. The first kappa shape index (κ1) is 13.4. The number of imide groups is 1. The number of rotatable bonds is 3. The van der Waals surface area contributed by atoms with Crippen LogP contribution >= 0.6 is 11.8 Å². The first-order chi connectivity index (χ1) is 7.90. The summed E-state index contributed by atoms with van der Waals surface area (Å²) in [5, 5.41) is 1.60. The third-order valence-corrected chi connectivity index (χ3v) is 3.26.